The Hall–Kier alpha value is -3.07. The van der Waals surface area contributed by atoms with Gasteiger partial charge in [0, 0.05) is 12.7 Å². The van der Waals surface area contributed by atoms with Gasteiger partial charge in [-0.05, 0) is 43.7 Å². The van der Waals surface area contributed by atoms with Crippen LogP contribution in [0.15, 0.2) is 47.6 Å². The number of carbonyl (C=O) groups excluding carboxylic acids is 1. The summed E-state index contributed by atoms with van der Waals surface area (Å²) in [5.74, 6) is 1.32. The third kappa shape index (κ3) is 5.10. The topological polar surface area (TPSA) is 78.3 Å². The zero-order valence-corrected chi connectivity index (χ0v) is 18.0. The van der Waals surface area contributed by atoms with E-state index in [1.165, 1.54) is 23.9 Å². The summed E-state index contributed by atoms with van der Waals surface area (Å²) in [5.41, 5.74) is 1.25. The lowest BCUT2D eigenvalue weighted by atomic mass is 10.2. The van der Waals surface area contributed by atoms with E-state index < -0.39 is 5.82 Å². The fraction of sp³-hybridized carbons (Fsp3) is 0.286. The maximum atomic E-state index is 13.4. The van der Waals surface area contributed by atoms with Gasteiger partial charge >= 0.3 is 0 Å². The number of ether oxygens (including phenoxy) is 2. The summed E-state index contributed by atoms with van der Waals surface area (Å²) in [7, 11) is 3.40. The zero-order valence-electron chi connectivity index (χ0n) is 17.2. The number of aromatic nitrogens is 3. The monoisotopic (exact) mass is 430 g/mol. The molecule has 0 aliphatic rings. The molecule has 30 heavy (non-hydrogen) atoms. The van der Waals surface area contributed by atoms with Gasteiger partial charge in [-0.3, -0.25) is 4.79 Å². The molecule has 1 atom stereocenters. The van der Waals surface area contributed by atoms with Gasteiger partial charge < -0.3 is 19.4 Å². The Morgan fingerprint density at radius 3 is 2.70 bits per heavy atom. The average Bonchev–Trinajstić information content (AvgIpc) is 3.10. The highest BCUT2D eigenvalue weighted by atomic mass is 32.2. The highest BCUT2D eigenvalue weighted by molar-refractivity contribution is 7.99. The average molecular weight is 431 g/mol. The van der Waals surface area contributed by atoms with Gasteiger partial charge in [0.15, 0.2) is 28.6 Å². The van der Waals surface area contributed by atoms with E-state index >= 15 is 0 Å². The van der Waals surface area contributed by atoms with E-state index in [0.29, 0.717) is 28.2 Å². The predicted molar refractivity (Wildman–Crippen MR) is 114 cm³/mol. The molecule has 3 rings (SSSR count). The number of hydrogen-bond acceptors (Lipinski definition) is 6. The summed E-state index contributed by atoms with van der Waals surface area (Å²) in [4.78, 5) is 12.3. The minimum atomic E-state index is -0.398. The van der Waals surface area contributed by atoms with Crippen molar-refractivity contribution in [2.45, 2.75) is 25.1 Å². The molecule has 2 aromatic carbocycles. The molecule has 1 aromatic heterocycles. The Morgan fingerprint density at radius 1 is 1.23 bits per heavy atom. The van der Waals surface area contributed by atoms with Crippen molar-refractivity contribution in [3.05, 3.63) is 59.7 Å². The summed E-state index contributed by atoms with van der Waals surface area (Å²) < 4.78 is 26.4. The molecule has 1 unspecified atom stereocenters. The molecule has 0 radical (unpaired) electrons. The van der Waals surface area contributed by atoms with Crippen molar-refractivity contribution in [1.29, 1.82) is 0 Å². The summed E-state index contributed by atoms with van der Waals surface area (Å²) >= 11 is 1.24. The van der Waals surface area contributed by atoms with Gasteiger partial charge in [-0.2, -0.15) is 0 Å². The number of para-hydroxylation sites is 2. The minimum absolute atomic E-state index is 0.115. The van der Waals surface area contributed by atoms with Crippen LogP contribution in [0.2, 0.25) is 0 Å². The van der Waals surface area contributed by atoms with E-state index in [9.17, 15) is 9.18 Å². The molecule has 7 nitrogen and oxygen atoms in total. The molecule has 0 saturated heterocycles. The Kier molecular flexibility index (Phi) is 6.94. The lowest BCUT2D eigenvalue weighted by molar-refractivity contribution is -0.113. The normalized spacial score (nSPS) is 11.8. The molecular formula is C21H23FN4O3S. The van der Waals surface area contributed by atoms with Gasteiger partial charge in [-0.25, -0.2) is 4.39 Å². The van der Waals surface area contributed by atoms with Crippen LogP contribution < -0.4 is 14.8 Å². The number of nitrogens with one attached hydrogen (secondary N) is 1. The highest BCUT2D eigenvalue weighted by Gasteiger charge is 2.19. The molecule has 0 bridgehead atoms. The fourth-order valence-electron chi connectivity index (χ4n) is 2.81. The maximum Gasteiger partial charge on any atom is 0.234 e. The summed E-state index contributed by atoms with van der Waals surface area (Å²) in [6.45, 7) is 3.67. The number of halogens is 1. The summed E-state index contributed by atoms with van der Waals surface area (Å²) in [6.07, 6.45) is -0.378. The first-order chi connectivity index (χ1) is 14.4. The molecule has 0 aliphatic heterocycles. The third-order valence-corrected chi connectivity index (χ3v) is 5.43. The zero-order chi connectivity index (χ0) is 21.7. The Morgan fingerprint density at radius 2 is 1.97 bits per heavy atom. The van der Waals surface area contributed by atoms with E-state index in [0.717, 1.165) is 5.56 Å². The van der Waals surface area contributed by atoms with E-state index in [4.69, 9.17) is 9.47 Å². The first kappa shape index (κ1) is 21.6. The summed E-state index contributed by atoms with van der Waals surface area (Å²) in [5, 5.41) is 11.7. The largest absolute Gasteiger partial charge is 0.493 e. The molecule has 0 spiro atoms. The summed E-state index contributed by atoms with van der Waals surface area (Å²) in [6, 6.07) is 11.6. The first-order valence-corrected chi connectivity index (χ1v) is 10.3. The van der Waals surface area contributed by atoms with Crippen LogP contribution in [0.1, 0.15) is 24.4 Å². The van der Waals surface area contributed by atoms with Gasteiger partial charge in [0.2, 0.25) is 5.91 Å². The number of rotatable bonds is 8. The second kappa shape index (κ2) is 9.62. The van der Waals surface area contributed by atoms with Crippen molar-refractivity contribution in [1.82, 2.24) is 14.8 Å². The molecule has 3 aromatic rings. The fourth-order valence-corrected chi connectivity index (χ4v) is 3.53. The highest BCUT2D eigenvalue weighted by Crippen LogP contribution is 2.30. The number of benzene rings is 2. The maximum absolute atomic E-state index is 13.4. The molecule has 0 fully saturated rings. The molecule has 0 aliphatic carbocycles. The van der Waals surface area contributed by atoms with Crippen LogP contribution >= 0.6 is 11.8 Å². The van der Waals surface area contributed by atoms with Gasteiger partial charge in [0.1, 0.15) is 5.82 Å². The molecular weight excluding hydrogens is 407 g/mol. The van der Waals surface area contributed by atoms with E-state index in [-0.39, 0.29) is 17.8 Å². The molecule has 1 heterocycles. The molecule has 0 saturated carbocycles. The molecule has 1 N–H and O–H groups in total. The van der Waals surface area contributed by atoms with Crippen LogP contribution in [0.5, 0.6) is 11.5 Å². The lowest BCUT2D eigenvalue weighted by Gasteiger charge is -2.16. The van der Waals surface area contributed by atoms with Crippen LogP contribution in [0, 0.1) is 12.7 Å². The molecule has 158 valence electrons. The minimum Gasteiger partial charge on any atom is -0.493 e. The van der Waals surface area contributed by atoms with Crippen molar-refractivity contribution < 1.29 is 18.7 Å². The second-order valence-corrected chi connectivity index (χ2v) is 7.55. The molecule has 9 heteroatoms. The van der Waals surface area contributed by atoms with Crippen LogP contribution in [-0.4, -0.2) is 33.5 Å². The Balaban J connectivity index is 1.62. The van der Waals surface area contributed by atoms with Crippen molar-refractivity contribution >= 4 is 23.4 Å². The van der Waals surface area contributed by atoms with Crippen molar-refractivity contribution in [2.75, 3.05) is 18.2 Å². The number of carbonyl (C=O) groups is 1. The van der Waals surface area contributed by atoms with Crippen molar-refractivity contribution in [3.8, 4) is 11.5 Å². The van der Waals surface area contributed by atoms with Crippen LogP contribution in [0.25, 0.3) is 0 Å². The number of amides is 1. The second-order valence-electron chi connectivity index (χ2n) is 6.61. The van der Waals surface area contributed by atoms with Crippen LogP contribution in [-0.2, 0) is 11.8 Å². The quantitative estimate of drug-likeness (QED) is 0.541. The number of anilines is 1. The smallest absolute Gasteiger partial charge is 0.234 e. The van der Waals surface area contributed by atoms with Gasteiger partial charge in [0.05, 0.1) is 12.9 Å². The Labute approximate surface area is 178 Å². The predicted octanol–water partition coefficient (Wildman–Crippen LogP) is 4.14. The molecule has 1 amide bonds. The number of nitrogens with zero attached hydrogens (tertiary/aromatic N) is 3. The SMILES string of the molecule is COc1ccccc1OC(C)c1nnc(SCC(=O)Nc2cc(F)ccc2C)n1C. The van der Waals surface area contributed by atoms with Crippen LogP contribution in [0.3, 0.4) is 0 Å². The number of hydrogen-bond donors (Lipinski definition) is 1. The van der Waals surface area contributed by atoms with Gasteiger partial charge in [-0.1, -0.05) is 30.0 Å². The van der Waals surface area contributed by atoms with E-state index in [1.54, 1.807) is 24.7 Å². The number of thioether (sulfide) groups is 1. The van der Waals surface area contributed by atoms with E-state index in [1.807, 2.05) is 38.2 Å². The number of aryl methyl sites for hydroxylation is 1. The third-order valence-electron chi connectivity index (χ3n) is 4.41. The van der Waals surface area contributed by atoms with Gasteiger partial charge in [-0.15, -0.1) is 10.2 Å². The van der Waals surface area contributed by atoms with Crippen molar-refractivity contribution in [2.24, 2.45) is 7.05 Å². The van der Waals surface area contributed by atoms with E-state index in [2.05, 4.69) is 15.5 Å². The van der Waals surface area contributed by atoms with Crippen molar-refractivity contribution in [3.63, 3.8) is 0 Å². The van der Waals surface area contributed by atoms with Gasteiger partial charge in [0.25, 0.3) is 0 Å². The van der Waals surface area contributed by atoms with Crippen LogP contribution in [0.4, 0.5) is 10.1 Å². The standard InChI is InChI=1S/C21H23FN4O3S/c1-13-9-10-15(22)11-16(13)23-19(27)12-30-21-25-24-20(26(21)3)14(2)29-18-8-6-5-7-17(18)28-4/h5-11,14H,12H2,1-4H3,(H,23,27). The first-order valence-electron chi connectivity index (χ1n) is 9.26. The lowest BCUT2D eigenvalue weighted by Crippen LogP contribution is -2.15. The Bertz CT molecular complexity index is 1040. The number of methoxy groups -OCH3 is 1.